The van der Waals surface area contributed by atoms with E-state index < -0.39 is 0 Å². The van der Waals surface area contributed by atoms with Gasteiger partial charge in [-0.1, -0.05) is 47.6 Å². The van der Waals surface area contributed by atoms with E-state index in [1.165, 1.54) is 10.6 Å². The third kappa shape index (κ3) is 1.73. The molecule has 2 heterocycles. The van der Waals surface area contributed by atoms with Gasteiger partial charge in [-0.2, -0.15) is 0 Å². The predicted octanol–water partition coefficient (Wildman–Crippen LogP) is 3.72. The van der Waals surface area contributed by atoms with Crippen LogP contribution in [0.4, 0.5) is 5.69 Å². The van der Waals surface area contributed by atoms with Gasteiger partial charge in [-0.05, 0) is 24.3 Å². The summed E-state index contributed by atoms with van der Waals surface area (Å²) in [5.41, 5.74) is 3.39. The molecular formula is C15H12ClN3S. The molecule has 0 aliphatic carbocycles. The minimum Gasteiger partial charge on any atom is -0.314 e. The van der Waals surface area contributed by atoms with E-state index in [4.69, 9.17) is 17.4 Å². The van der Waals surface area contributed by atoms with Gasteiger partial charge in [-0.25, -0.2) is 5.84 Å². The summed E-state index contributed by atoms with van der Waals surface area (Å²) >= 11 is 7.70. The van der Waals surface area contributed by atoms with Crippen molar-refractivity contribution in [2.24, 2.45) is 5.84 Å². The predicted molar refractivity (Wildman–Crippen MR) is 84.0 cm³/mol. The van der Waals surface area contributed by atoms with E-state index in [-0.39, 0.29) is 5.50 Å². The molecule has 0 saturated heterocycles. The number of halogens is 1. The minimum atomic E-state index is 0.0954. The summed E-state index contributed by atoms with van der Waals surface area (Å²) in [6.45, 7) is 0. The average Bonchev–Trinajstić information content (AvgIpc) is 2.98. The minimum absolute atomic E-state index is 0.0954. The molecule has 2 N–H and O–H groups in total. The highest BCUT2D eigenvalue weighted by Gasteiger charge is 2.38. The smallest absolute Gasteiger partial charge is 0.173 e. The normalized spacial score (nSPS) is 19.9. The Bertz CT molecular complexity index is 699. The molecule has 4 rings (SSSR count). The van der Waals surface area contributed by atoms with Gasteiger partial charge in [0.2, 0.25) is 0 Å². The fourth-order valence-electron chi connectivity index (χ4n) is 2.55. The van der Waals surface area contributed by atoms with Crippen molar-refractivity contribution in [1.82, 2.24) is 5.01 Å². The van der Waals surface area contributed by atoms with Crippen LogP contribution in [0.2, 0.25) is 5.02 Å². The lowest BCUT2D eigenvalue weighted by atomic mass is 10.2. The maximum absolute atomic E-state index is 6.28. The number of rotatable bonds is 1. The first-order valence-electron chi connectivity index (χ1n) is 6.30. The van der Waals surface area contributed by atoms with E-state index in [9.17, 15) is 0 Å². The molecule has 20 heavy (non-hydrogen) atoms. The number of hydrogen-bond donors (Lipinski definition) is 1. The van der Waals surface area contributed by atoms with Crippen molar-refractivity contribution in [3.05, 3.63) is 65.3 Å². The van der Waals surface area contributed by atoms with Crippen molar-refractivity contribution >= 4 is 34.7 Å². The van der Waals surface area contributed by atoms with Crippen molar-refractivity contribution in [1.29, 1.82) is 0 Å². The van der Waals surface area contributed by atoms with Crippen LogP contribution in [-0.2, 0) is 0 Å². The van der Waals surface area contributed by atoms with Crippen molar-refractivity contribution in [2.45, 2.75) is 10.4 Å². The van der Waals surface area contributed by atoms with E-state index in [2.05, 4.69) is 35.4 Å². The molecule has 2 aliphatic heterocycles. The lowest BCUT2D eigenvalue weighted by Crippen LogP contribution is -2.38. The highest BCUT2D eigenvalue weighted by molar-refractivity contribution is 8.00. The Hall–Kier alpha value is -1.62. The molecule has 2 aromatic rings. The standard InChI is InChI=1S/C15H12ClN3S/c16-11-7-5-10(6-8-11)13-9-18-12-3-1-2-4-14(12)20-15(18)19(13)17/h1-9,15H,17H2. The molecular weight excluding hydrogens is 290 g/mol. The molecule has 1 unspecified atom stereocenters. The fraction of sp³-hybridized carbons (Fsp3) is 0.0667. The Kier molecular flexibility index (Phi) is 2.70. The SMILES string of the molecule is NN1C(c2ccc(Cl)cc2)=CN2c3ccccc3SC12. The third-order valence-electron chi connectivity index (χ3n) is 3.53. The van der Waals surface area contributed by atoms with Gasteiger partial charge < -0.3 is 4.90 Å². The monoisotopic (exact) mass is 301 g/mol. The van der Waals surface area contributed by atoms with Gasteiger partial charge in [0.15, 0.2) is 5.50 Å². The number of thioether (sulfide) groups is 1. The molecule has 0 fully saturated rings. The molecule has 2 aliphatic rings. The second kappa shape index (κ2) is 4.45. The number of hydrazine groups is 1. The molecule has 0 bridgehead atoms. The number of fused-ring (bicyclic) bond motifs is 3. The van der Waals surface area contributed by atoms with E-state index in [1.807, 2.05) is 29.3 Å². The summed E-state index contributed by atoms with van der Waals surface area (Å²) in [4.78, 5) is 3.48. The van der Waals surface area contributed by atoms with Crippen molar-refractivity contribution in [2.75, 3.05) is 4.90 Å². The molecule has 100 valence electrons. The molecule has 1 atom stereocenters. The van der Waals surface area contributed by atoms with Gasteiger partial charge in [0, 0.05) is 21.7 Å². The van der Waals surface area contributed by atoms with E-state index >= 15 is 0 Å². The first kappa shape index (κ1) is 12.1. The summed E-state index contributed by atoms with van der Waals surface area (Å²) in [5, 5.41) is 2.55. The van der Waals surface area contributed by atoms with E-state index in [0.717, 1.165) is 16.3 Å². The highest BCUT2D eigenvalue weighted by Crippen LogP contribution is 2.48. The van der Waals surface area contributed by atoms with Crippen LogP contribution in [0.1, 0.15) is 5.56 Å². The number of nitrogens with two attached hydrogens (primary N) is 1. The highest BCUT2D eigenvalue weighted by atomic mass is 35.5. The number of nitrogens with zero attached hydrogens (tertiary/aromatic N) is 2. The number of anilines is 1. The molecule has 0 spiro atoms. The van der Waals surface area contributed by atoms with Crippen molar-refractivity contribution in [3.63, 3.8) is 0 Å². The molecule has 5 heteroatoms. The summed E-state index contributed by atoms with van der Waals surface area (Å²) < 4.78 is 0. The van der Waals surface area contributed by atoms with Crippen LogP contribution in [-0.4, -0.2) is 10.5 Å². The number of para-hydroxylation sites is 1. The maximum Gasteiger partial charge on any atom is 0.173 e. The fourth-order valence-corrected chi connectivity index (χ4v) is 3.86. The molecule has 0 saturated carbocycles. The number of benzene rings is 2. The first-order chi connectivity index (χ1) is 9.74. The van der Waals surface area contributed by atoms with Crippen LogP contribution in [0.5, 0.6) is 0 Å². The van der Waals surface area contributed by atoms with Gasteiger partial charge in [0.05, 0.1) is 11.4 Å². The van der Waals surface area contributed by atoms with Gasteiger partial charge in [0.25, 0.3) is 0 Å². The third-order valence-corrected chi connectivity index (χ3v) is 5.05. The Morgan fingerprint density at radius 1 is 1.05 bits per heavy atom. The lowest BCUT2D eigenvalue weighted by Gasteiger charge is -2.23. The van der Waals surface area contributed by atoms with Crippen LogP contribution in [0.25, 0.3) is 5.70 Å². The maximum atomic E-state index is 6.28. The topological polar surface area (TPSA) is 32.5 Å². The zero-order valence-electron chi connectivity index (χ0n) is 10.5. The molecule has 0 aromatic heterocycles. The Labute approximate surface area is 126 Å². The molecule has 0 radical (unpaired) electrons. The van der Waals surface area contributed by atoms with Crippen molar-refractivity contribution in [3.8, 4) is 0 Å². The summed E-state index contributed by atoms with van der Waals surface area (Å²) in [6, 6.07) is 16.1. The van der Waals surface area contributed by atoms with Crippen LogP contribution in [0.3, 0.4) is 0 Å². The second-order valence-electron chi connectivity index (χ2n) is 4.75. The summed E-state index contributed by atoms with van der Waals surface area (Å²) in [5.74, 6) is 6.28. The van der Waals surface area contributed by atoms with Gasteiger partial charge in [-0.15, -0.1) is 0 Å². The summed E-state index contributed by atoms with van der Waals surface area (Å²) in [7, 11) is 0. The number of hydrogen-bond acceptors (Lipinski definition) is 4. The first-order valence-corrected chi connectivity index (χ1v) is 7.55. The van der Waals surface area contributed by atoms with Crippen LogP contribution in [0, 0.1) is 0 Å². The lowest BCUT2D eigenvalue weighted by molar-refractivity contribution is 0.420. The van der Waals surface area contributed by atoms with Crippen LogP contribution in [0.15, 0.2) is 59.6 Å². The second-order valence-corrected chi connectivity index (χ2v) is 6.28. The average molecular weight is 302 g/mol. The Balaban J connectivity index is 1.76. The van der Waals surface area contributed by atoms with E-state index in [1.54, 1.807) is 11.8 Å². The van der Waals surface area contributed by atoms with Gasteiger partial charge in [-0.3, -0.25) is 5.01 Å². The molecule has 2 aromatic carbocycles. The molecule has 0 amide bonds. The van der Waals surface area contributed by atoms with Gasteiger partial charge >= 0.3 is 0 Å². The quantitative estimate of drug-likeness (QED) is 0.814. The van der Waals surface area contributed by atoms with Crippen LogP contribution < -0.4 is 10.7 Å². The Morgan fingerprint density at radius 2 is 1.80 bits per heavy atom. The van der Waals surface area contributed by atoms with E-state index in [0.29, 0.717) is 0 Å². The van der Waals surface area contributed by atoms with Crippen LogP contribution >= 0.6 is 23.4 Å². The zero-order chi connectivity index (χ0) is 13.7. The van der Waals surface area contributed by atoms with Crippen molar-refractivity contribution < 1.29 is 0 Å². The Morgan fingerprint density at radius 3 is 2.60 bits per heavy atom. The summed E-state index contributed by atoms with van der Waals surface area (Å²) in [6.07, 6.45) is 2.10. The molecule has 3 nitrogen and oxygen atoms in total. The largest absolute Gasteiger partial charge is 0.314 e. The zero-order valence-corrected chi connectivity index (χ0v) is 12.1. The van der Waals surface area contributed by atoms with Gasteiger partial charge in [0.1, 0.15) is 0 Å².